The molecule has 0 aliphatic heterocycles. The summed E-state index contributed by atoms with van der Waals surface area (Å²) >= 11 is 0. The van der Waals surface area contributed by atoms with Gasteiger partial charge in [-0.2, -0.15) is 0 Å². The monoisotopic (exact) mass is 520 g/mol. The number of hydrogen-bond donors (Lipinski definition) is 4. The zero-order valence-electron chi connectivity index (χ0n) is 21.2. The van der Waals surface area contributed by atoms with Gasteiger partial charge in [0, 0.05) is 12.3 Å². The molecule has 0 saturated carbocycles. The second kappa shape index (κ2) is 13.2. The van der Waals surface area contributed by atoms with Crippen LogP contribution in [0, 0.1) is 23.6 Å². The predicted molar refractivity (Wildman–Crippen MR) is 133 cm³/mol. The Morgan fingerprint density at radius 1 is 1.19 bits per heavy atom. The van der Waals surface area contributed by atoms with Crippen LogP contribution >= 0.6 is 0 Å². The average molecular weight is 521 g/mol. The van der Waals surface area contributed by atoms with E-state index in [1.54, 1.807) is 19.1 Å². The summed E-state index contributed by atoms with van der Waals surface area (Å²) in [5.41, 5.74) is 0.850. The van der Waals surface area contributed by atoms with Gasteiger partial charge in [-0.1, -0.05) is 44.2 Å². The van der Waals surface area contributed by atoms with Crippen molar-refractivity contribution in [2.45, 2.75) is 82.9 Å². The van der Waals surface area contributed by atoms with Crippen molar-refractivity contribution in [3.63, 3.8) is 0 Å². The summed E-state index contributed by atoms with van der Waals surface area (Å²) in [5.74, 6) is -2.55. The number of carbonyl (C=O) groups excluding carboxylic acids is 1. The van der Waals surface area contributed by atoms with Gasteiger partial charge in [-0.3, -0.25) is 4.79 Å². The van der Waals surface area contributed by atoms with E-state index in [1.807, 2.05) is 19.1 Å². The molecule has 0 unspecified atom stereocenters. The standard InChI is InChI=1S/C28H37FO8/c1-3-23(36-24-7-5-4-6-22(24)29)28(35)37-25-14-19(31)12-17-9-8-16(2)21(27(17)25)11-10-18(30)13-20(32)15-26(33)34/h4-9,12,16,18-21,23,25,27,30-32H,3,10-11,13-15H2,1-2H3,(H,33,34)/t16-,18-,19-,20-,21+,23+,25+,27+/m1/s1. The van der Waals surface area contributed by atoms with E-state index < -0.39 is 54.7 Å². The maximum Gasteiger partial charge on any atom is 0.347 e. The number of aliphatic hydroxyl groups is 3. The zero-order valence-corrected chi connectivity index (χ0v) is 21.2. The van der Waals surface area contributed by atoms with Gasteiger partial charge in [0.1, 0.15) is 6.10 Å². The molecule has 0 bridgehead atoms. The lowest BCUT2D eigenvalue weighted by Gasteiger charge is -2.43. The number of fused-ring (bicyclic) bond motifs is 1. The lowest BCUT2D eigenvalue weighted by atomic mass is 9.66. The number of hydrogen-bond acceptors (Lipinski definition) is 7. The normalized spacial score (nSPS) is 27.4. The first-order chi connectivity index (χ1) is 17.6. The van der Waals surface area contributed by atoms with Crippen molar-refractivity contribution < 1.29 is 43.9 Å². The van der Waals surface area contributed by atoms with Crippen LogP contribution < -0.4 is 4.74 Å². The number of carboxylic acid groups (broad SMARTS) is 1. The van der Waals surface area contributed by atoms with Crippen LogP contribution in [0.4, 0.5) is 4.39 Å². The van der Waals surface area contributed by atoms with Gasteiger partial charge >= 0.3 is 11.9 Å². The number of para-hydroxylation sites is 1. The van der Waals surface area contributed by atoms with E-state index in [9.17, 15) is 29.3 Å². The highest BCUT2D eigenvalue weighted by molar-refractivity contribution is 5.75. The van der Waals surface area contributed by atoms with Crippen molar-refractivity contribution >= 4 is 11.9 Å². The molecule has 0 amide bonds. The van der Waals surface area contributed by atoms with Crippen LogP contribution in [-0.4, -0.2) is 62.9 Å². The Kier molecular flexibility index (Phi) is 10.3. The van der Waals surface area contributed by atoms with Crippen molar-refractivity contribution in [3.05, 3.63) is 53.9 Å². The molecular weight excluding hydrogens is 483 g/mol. The summed E-state index contributed by atoms with van der Waals surface area (Å²) in [6.45, 7) is 3.77. The molecule has 8 nitrogen and oxygen atoms in total. The smallest absolute Gasteiger partial charge is 0.347 e. The largest absolute Gasteiger partial charge is 0.481 e. The minimum Gasteiger partial charge on any atom is -0.481 e. The van der Waals surface area contributed by atoms with Crippen LogP contribution in [-0.2, 0) is 14.3 Å². The quantitative estimate of drug-likeness (QED) is 0.308. The van der Waals surface area contributed by atoms with Gasteiger partial charge in [-0.05, 0) is 55.2 Å². The SMILES string of the molecule is CC[C@H](Oc1ccccc1F)C(=O)O[C@H]1C[C@H](O)C=C2C=C[C@@H](C)[C@H](CC[C@@H](O)C[C@@H](O)CC(=O)O)[C@H]21. The molecule has 0 radical (unpaired) electrons. The Morgan fingerprint density at radius 3 is 2.59 bits per heavy atom. The number of allylic oxidation sites excluding steroid dienone is 2. The predicted octanol–water partition coefficient (Wildman–Crippen LogP) is 3.39. The minimum absolute atomic E-state index is 0.0274. The zero-order chi connectivity index (χ0) is 27.1. The van der Waals surface area contributed by atoms with Crippen LogP contribution in [0.15, 0.2) is 48.1 Å². The fourth-order valence-electron chi connectivity index (χ4n) is 5.31. The van der Waals surface area contributed by atoms with Gasteiger partial charge in [-0.15, -0.1) is 0 Å². The van der Waals surface area contributed by atoms with Crippen molar-refractivity contribution in [2.24, 2.45) is 17.8 Å². The molecule has 0 spiro atoms. The molecule has 0 heterocycles. The van der Waals surface area contributed by atoms with E-state index in [0.717, 1.165) is 5.57 Å². The number of halogens is 1. The van der Waals surface area contributed by atoms with E-state index in [1.165, 1.54) is 18.2 Å². The van der Waals surface area contributed by atoms with E-state index >= 15 is 0 Å². The second-order valence-electron chi connectivity index (χ2n) is 10.0. The molecule has 0 fully saturated rings. The minimum atomic E-state index is -1.13. The summed E-state index contributed by atoms with van der Waals surface area (Å²) in [5, 5.41) is 39.5. The number of carboxylic acids is 1. The molecule has 4 N–H and O–H groups in total. The fraction of sp³-hybridized carbons (Fsp3) is 0.571. The molecule has 37 heavy (non-hydrogen) atoms. The summed E-state index contributed by atoms with van der Waals surface area (Å²) in [7, 11) is 0. The summed E-state index contributed by atoms with van der Waals surface area (Å²) < 4.78 is 25.6. The summed E-state index contributed by atoms with van der Waals surface area (Å²) in [6, 6.07) is 5.83. The van der Waals surface area contributed by atoms with Crippen LogP contribution in [0.2, 0.25) is 0 Å². The first kappa shape index (κ1) is 28.8. The Morgan fingerprint density at radius 2 is 1.92 bits per heavy atom. The van der Waals surface area contributed by atoms with Crippen LogP contribution in [0.1, 0.15) is 52.4 Å². The van der Waals surface area contributed by atoms with Gasteiger partial charge < -0.3 is 29.9 Å². The highest BCUT2D eigenvalue weighted by Gasteiger charge is 2.42. The number of ether oxygens (including phenoxy) is 2. The Labute approximate surface area is 216 Å². The van der Waals surface area contributed by atoms with Crippen LogP contribution in [0.5, 0.6) is 5.75 Å². The molecule has 3 rings (SSSR count). The van der Waals surface area contributed by atoms with Crippen molar-refractivity contribution in [3.8, 4) is 5.75 Å². The molecule has 0 saturated heterocycles. The first-order valence-corrected chi connectivity index (χ1v) is 12.9. The molecule has 9 heteroatoms. The number of esters is 1. The van der Waals surface area contributed by atoms with Crippen molar-refractivity contribution in [2.75, 3.05) is 0 Å². The highest BCUT2D eigenvalue weighted by atomic mass is 19.1. The van der Waals surface area contributed by atoms with E-state index in [-0.39, 0.29) is 42.8 Å². The number of rotatable bonds is 12. The summed E-state index contributed by atoms with van der Waals surface area (Å²) in [6.07, 6.45) is 2.09. The number of aliphatic carboxylic acids is 1. The lowest BCUT2D eigenvalue weighted by molar-refractivity contribution is -0.163. The first-order valence-electron chi connectivity index (χ1n) is 12.9. The highest BCUT2D eigenvalue weighted by Crippen LogP contribution is 2.44. The number of benzene rings is 1. The molecule has 0 aromatic heterocycles. The van der Waals surface area contributed by atoms with Crippen molar-refractivity contribution in [1.82, 2.24) is 0 Å². The molecule has 1 aromatic carbocycles. The Hall–Kier alpha value is -2.75. The van der Waals surface area contributed by atoms with Gasteiger partial charge in [0.05, 0.1) is 24.7 Å². The third kappa shape index (κ3) is 7.87. The van der Waals surface area contributed by atoms with Crippen molar-refractivity contribution in [1.29, 1.82) is 0 Å². The molecule has 2 aliphatic carbocycles. The van der Waals surface area contributed by atoms with E-state index in [2.05, 4.69) is 0 Å². The topological polar surface area (TPSA) is 134 Å². The van der Waals surface area contributed by atoms with E-state index in [0.29, 0.717) is 12.8 Å². The number of carbonyl (C=O) groups is 2. The number of aliphatic hydroxyl groups excluding tert-OH is 3. The van der Waals surface area contributed by atoms with Gasteiger partial charge in [0.2, 0.25) is 0 Å². The third-order valence-electron chi connectivity index (χ3n) is 7.17. The summed E-state index contributed by atoms with van der Waals surface area (Å²) in [4.78, 5) is 23.9. The second-order valence-corrected chi connectivity index (χ2v) is 10.0. The van der Waals surface area contributed by atoms with E-state index in [4.69, 9.17) is 14.6 Å². The van der Waals surface area contributed by atoms with Gasteiger partial charge in [0.25, 0.3) is 0 Å². The fourth-order valence-corrected chi connectivity index (χ4v) is 5.31. The van der Waals surface area contributed by atoms with Crippen LogP contribution in [0.3, 0.4) is 0 Å². The molecule has 1 aromatic rings. The molecule has 2 aliphatic rings. The van der Waals surface area contributed by atoms with Gasteiger partial charge in [0.15, 0.2) is 17.7 Å². The molecular formula is C28H37FO8. The van der Waals surface area contributed by atoms with Gasteiger partial charge in [-0.25, -0.2) is 9.18 Å². The average Bonchev–Trinajstić information content (AvgIpc) is 2.82. The lowest BCUT2D eigenvalue weighted by Crippen LogP contribution is -2.44. The Balaban J connectivity index is 1.71. The molecule has 204 valence electrons. The molecule has 8 atom stereocenters. The maximum absolute atomic E-state index is 14.1. The third-order valence-corrected chi connectivity index (χ3v) is 7.17. The Bertz CT molecular complexity index is 992. The maximum atomic E-state index is 14.1. The van der Waals surface area contributed by atoms with Crippen LogP contribution in [0.25, 0.3) is 0 Å².